The van der Waals surface area contributed by atoms with Crippen LogP contribution in [0.25, 0.3) is 5.41 Å². The van der Waals surface area contributed by atoms with Gasteiger partial charge in [-0.25, -0.2) is 19.1 Å². The van der Waals surface area contributed by atoms with Crippen LogP contribution >= 0.6 is 0 Å². The van der Waals surface area contributed by atoms with E-state index in [9.17, 15) is 22.8 Å². The third-order valence-corrected chi connectivity index (χ3v) is 6.84. The van der Waals surface area contributed by atoms with Crippen LogP contribution in [-0.2, 0) is 38.4 Å². The zero-order chi connectivity index (χ0) is 27.6. The van der Waals surface area contributed by atoms with Gasteiger partial charge in [-0.05, 0) is 19.8 Å². The fraction of sp³-hybridized carbons (Fsp3) is 0.667. The van der Waals surface area contributed by atoms with Crippen molar-refractivity contribution >= 4 is 33.6 Å². The van der Waals surface area contributed by atoms with Crippen LogP contribution in [0.2, 0.25) is 0 Å². The maximum Gasteiger partial charge on any atom is 0.333 e. The second-order valence-electron chi connectivity index (χ2n) is 8.58. The van der Waals surface area contributed by atoms with E-state index in [0.29, 0.717) is 0 Å². The van der Waals surface area contributed by atoms with Crippen LogP contribution in [0.5, 0.6) is 0 Å². The lowest BCUT2D eigenvalue weighted by Crippen LogP contribution is -2.41. The van der Waals surface area contributed by atoms with Gasteiger partial charge in [-0.1, -0.05) is 13.5 Å². The second-order valence-corrected chi connectivity index (χ2v) is 10.6. The zero-order valence-corrected chi connectivity index (χ0v) is 22.2. The molecule has 36 heavy (non-hydrogen) atoms. The van der Waals surface area contributed by atoms with E-state index in [1.54, 1.807) is 0 Å². The van der Waals surface area contributed by atoms with Crippen LogP contribution in [0, 0.1) is 11.3 Å². The predicted molar refractivity (Wildman–Crippen MR) is 133 cm³/mol. The zero-order valence-electron chi connectivity index (χ0n) is 21.4. The first kappa shape index (κ1) is 33.0. The first-order valence-electron chi connectivity index (χ1n) is 11.8. The normalized spacial score (nSPS) is 13.7. The SMILES string of the molecule is C=C(C)C(=O)OCCOC(=O)CCC(=O)OCCCS(=O)(=O)C(=C=[N-])C#N.CCC[N+]1(C)CCCC1. The highest BCUT2D eigenvalue weighted by Gasteiger charge is 2.24. The van der Waals surface area contributed by atoms with Gasteiger partial charge >= 0.3 is 17.9 Å². The van der Waals surface area contributed by atoms with Crippen molar-refractivity contribution in [1.82, 2.24) is 0 Å². The standard InChI is InChI=1S/C16H19N2O8S.C8H18N/c1-12(2)16(21)26-8-7-25-15(20)5-4-14(19)24-6-3-9-27(22,23)13(10-17)11-18;1-3-6-9(2)7-4-5-8-9/h1,3-9H2,2H3;3-8H2,1-2H3/q-1;+1. The first-order valence-corrected chi connectivity index (χ1v) is 13.4. The Morgan fingerprint density at radius 3 is 2.03 bits per heavy atom. The van der Waals surface area contributed by atoms with Gasteiger partial charge in [0.2, 0.25) is 0 Å². The summed E-state index contributed by atoms with van der Waals surface area (Å²) in [7, 11) is -1.60. The van der Waals surface area contributed by atoms with E-state index >= 15 is 0 Å². The van der Waals surface area contributed by atoms with E-state index < -0.39 is 38.4 Å². The molecule has 11 nitrogen and oxygen atoms in total. The van der Waals surface area contributed by atoms with Gasteiger partial charge in [0.15, 0.2) is 14.7 Å². The molecular weight excluding hydrogens is 490 g/mol. The number of hydrogen-bond donors (Lipinski definition) is 0. The van der Waals surface area contributed by atoms with E-state index in [0.717, 1.165) is 0 Å². The third-order valence-electron chi connectivity index (χ3n) is 5.21. The summed E-state index contributed by atoms with van der Waals surface area (Å²) in [5.74, 6) is -1.26. The van der Waals surface area contributed by atoms with Gasteiger partial charge in [0, 0.05) is 18.4 Å². The molecule has 0 saturated carbocycles. The highest BCUT2D eigenvalue weighted by atomic mass is 32.2. The molecule has 1 aliphatic rings. The summed E-state index contributed by atoms with van der Waals surface area (Å²) >= 11 is 0. The number of likely N-dealkylation sites (tertiary alicyclic amines) is 1. The van der Waals surface area contributed by atoms with Crippen molar-refractivity contribution in [2.24, 2.45) is 0 Å². The predicted octanol–water partition coefficient (Wildman–Crippen LogP) is 2.06. The van der Waals surface area contributed by atoms with E-state index in [1.165, 1.54) is 62.2 Å². The summed E-state index contributed by atoms with van der Waals surface area (Å²) in [6, 6.07) is 1.28. The molecule has 0 radical (unpaired) electrons. The number of nitriles is 1. The number of allylic oxidation sites excluding steroid dienone is 1. The Hall–Kier alpha value is -3.00. The molecule has 0 aromatic carbocycles. The Kier molecular flexibility index (Phi) is 16.0. The molecule has 0 spiro atoms. The van der Waals surface area contributed by atoms with Crippen molar-refractivity contribution in [1.29, 1.82) is 5.26 Å². The van der Waals surface area contributed by atoms with Crippen LogP contribution in [0.1, 0.15) is 52.4 Å². The molecule has 0 aliphatic carbocycles. The molecule has 1 fully saturated rings. The van der Waals surface area contributed by atoms with Crippen molar-refractivity contribution in [2.45, 2.75) is 52.4 Å². The van der Waals surface area contributed by atoms with Gasteiger partial charge in [-0.15, -0.1) is 0 Å². The topological polar surface area (TPSA) is 159 Å². The molecule has 1 saturated heterocycles. The number of carbonyl (C=O) groups excluding carboxylic acids is 3. The average molecular weight is 528 g/mol. The Morgan fingerprint density at radius 1 is 1.03 bits per heavy atom. The monoisotopic (exact) mass is 527 g/mol. The number of quaternary nitrogens is 1. The number of rotatable bonds is 14. The fourth-order valence-corrected chi connectivity index (χ4v) is 4.31. The van der Waals surface area contributed by atoms with Crippen molar-refractivity contribution in [3.63, 3.8) is 0 Å². The van der Waals surface area contributed by atoms with Crippen LogP contribution in [0.4, 0.5) is 0 Å². The summed E-state index contributed by atoms with van der Waals surface area (Å²) in [6.45, 7) is 10.8. The molecule has 0 amide bonds. The van der Waals surface area contributed by atoms with Gasteiger partial charge in [-0.2, -0.15) is 5.26 Å². The lowest BCUT2D eigenvalue weighted by molar-refractivity contribution is -0.897. The third kappa shape index (κ3) is 14.4. The molecule has 0 atom stereocenters. The molecule has 0 bridgehead atoms. The number of carbonyl (C=O) groups is 3. The average Bonchev–Trinajstić information content (AvgIpc) is 3.25. The fourth-order valence-electron chi connectivity index (χ4n) is 3.32. The summed E-state index contributed by atoms with van der Waals surface area (Å²) in [6.07, 6.45) is 3.63. The summed E-state index contributed by atoms with van der Waals surface area (Å²) in [4.78, 5) is 33.0. The number of sulfone groups is 1. The lowest BCUT2D eigenvalue weighted by atomic mass is 10.3. The van der Waals surface area contributed by atoms with Gasteiger partial charge in [0.05, 0.1) is 51.9 Å². The number of ether oxygens (including phenoxy) is 3. The Labute approximate surface area is 213 Å². The molecule has 0 aromatic heterocycles. The highest BCUT2D eigenvalue weighted by molar-refractivity contribution is 7.95. The Bertz CT molecular complexity index is 956. The van der Waals surface area contributed by atoms with Gasteiger partial charge in [0.25, 0.3) is 0 Å². The number of hydrogen-bond acceptors (Lipinski definition) is 9. The quantitative estimate of drug-likeness (QED) is 0.0626. The van der Waals surface area contributed by atoms with Crippen molar-refractivity contribution in [3.05, 3.63) is 22.5 Å². The first-order chi connectivity index (χ1) is 16.9. The molecule has 0 N–H and O–H groups in total. The van der Waals surface area contributed by atoms with Crippen LogP contribution in [-0.4, -0.2) is 88.9 Å². The maximum atomic E-state index is 11.5. The second kappa shape index (κ2) is 17.4. The smallest absolute Gasteiger partial charge is 0.333 e. The molecule has 0 unspecified atom stereocenters. The number of nitrogens with zero attached hydrogens (tertiary/aromatic N) is 3. The van der Waals surface area contributed by atoms with Crippen molar-refractivity contribution in [2.75, 3.05) is 52.3 Å². The highest BCUT2D eigenvalue weighted by Crippen LogP contribution is 2.16. The molecule has 0 aromatic rings. The number of esters is 3. The minimum atomic E-state index is -3.98. The lowest BCUT2D eigenvalue weighted by Gasteiger charge is -2.28. The van der Waals surface area contributed by atoms with E-state index in [4.69, 9.17) is 24.9 Å². The van der Waals surface area contributed by atoms with Crippen LogP contribution in [0.15, 0.2) is 17.1 Å². The Morgan fingerprint density at radius 2 is 1.56 bits per heavy atom. The van der Waals surface area contributed by atoms with Crippen molar-refractivity contribution < 1.29 is 41.5 Å². The van der Waals surface area contributed by atoms with Gasteiger partial charge in [0.1, 0.15) is 19.3 Å². The molecule has 1 heterocycles. The van der Waals surface area contributed by atoms with E-state index in [-0.39, 0.29) is 44.7 Å². The summed E-state index contributed by atoms with van der Waals surface area (Å²) in [5.41, 5.74) is 0.214. The van der Waals surface area contributed by atoms with E-state index in [2.05, 4.69) is 20.6 Å². The van der Waals surface area contributed by atoms with Crippen molar-refractivity contribution in [3.8, 4) is 6.07 Å². The maximum absolute atomic E-state index is 11.5. The van der Waals surface area contributed by atoms with E-state index in [1.807, 2.05) is 0 Å². The minimum Gasteiger partial charge on any atom is -0.762 e. The Balaban J connectivity index is 0.00000113. The molecule has 1 aliphatic heterocycles. The summed E-state index contributed by atoms with van der Waals surface area (Å²) in [5, 5.41) is 17.0. The molecule has 202 valence electrons. The van der Waals surface area contributed by atoms with Crippen LogP contribution in [0.3, 0.4) is 0 Å². The van der Waals surface area contributed by atoms with Crippen LogP contribution < -0.4 is 0 Å². The minimum absolute atomic E-state index is 0.0978. The van der Waals surface area contributed by atoms with Gasteiger partial charge < -0.3 is 24.1 Å². The molecular formula is C24H37N3O8S. The largest absolute Gasteiger partial charge is 0.762 e. The molecule has 12 heteroatoms. The van der Waals surface area contributed by atoms with Gasteiger partial charge in [-0.3, -0.25) is 9.59 Å². The summed E-state index contributed by atoms with van der Waals surface area (Å²) < 4.78 is 38.6. The molecule has 1 rings (SSSR count).